The second-order valence-electron chi connectivity index (χ2n) is 6.94. The summed E-state index contributed by atoms with van der Waals surface area (Å²) >= 11 is 2.14. The molecule has 0 spiro atoms. The summed E-state index contributed by atoms with van der Waals surface area (Å²) in [6.07, 6.45) is 1.00. The van der Waals surface area contributed by atoms with E-state index in [1.807, 2.05) is 12.1 Å². The molecule has 11 nitrogen and oxygen atoms in total. The van der Waals surface area contributed by atoms with Crippen molar-refractivity contribution in [1.82, 2.24) is 16.0 Å². The zero-order valence-electron chi connectivity index (χ0n) is 17.2. The van der Waals surface area contributed by atoms with Crippen molar-refractivity contribution in [3.63, 3.8) is 0 Å². The molecule has 0 saturated heterocycles. The summed E-state index contributed by atoms with van der Waals surface area (Å²) in [4.78, 5) is 57.0. The third-order valence-electron chi connectivity index (χ3n) is 4.42. The largest absolute Gasteiger partial charge is 0.481 e. The highest BCUT2D eigenvalue weighted by molar-refractivity contribution is 14.1. The maximum absolute atomic E-state index is 12.0. The number of benzene rings is 1. The van der Waals surface area contributed by atoms with Crippen LogP contribution in [-0.4, -0.2) is 63.8 Å². The van der Waals surface area contributed by atoms with Crippen LogP contribution in [0.15, 0.2) is 24.3 Å². The van der Waals surface area contributed by atoms with Crippen molar-refractivity contribution in [1.29, 1.82) is 0 Å². The van der Waals surface area contributed by atoms with Gasteiger partial charge in [-0.15, -0.1) is 0 Å². The van der Waals surface area contributed by atoms with Gasteiger partial charge in [0.15, 0.2) is 0 Å². The van der Waals surface area contributed by atoms with Crippen molar-refractivity contribution in [2.75, 3.05) is 6.54 Å². The van der Waals surface area contributed by atoms with Crippen LogP contribution in [0.3, 0.4) is 0 Å². The molecule has 0 aromatic heterocycles. The van der Waals surface area contributed by atoms with Crippen LogP contribution in [0, 0.1) is 3.57 Å². The smallest absolute Gasteiger partial charge is 0.326 e. The molecule has 2 atom stereocenters. The Morgan fingerprint density at radius 3 is 1.91 bits per heavy atom. The van der Waals surface area contributed by atoms with Gasteiger partial charge in [-0.25, -0.2) is 14.4 Å². The average Bonchev–Trinajstić information content (AvgIpc) is 2.72. The number of hydrogen-bond acceptors (Lipinski definition) is 5. The minimum Gasteiger partial charge on any atom is -0.481 e. The lowest BCUT2D eigenvalue weighted by atomic mass is 10.1. The molecule has 0 aliphatic heterocycles. The van der Waals surface area contributed by atoms with Crippen LogP contribution in [-0.2, 0) is 14.4 Å². The Morgan fingerprint density at radius 1 is 0.812 bits per heavy atom. The molecule has 6 N–H and O–H groups in total. The lowest BCUT2D eigenvalue weighted by Gasteiger charge is -2.18. The predicted octanol–water partition coefficient (Wildman–Crippen LogP) is 1.65. The Balaban J connectivity index is 2.35. The van der Waals surface area contributed by atoms with E-state index in [0.29, 0.717) is 31.4 Å². The van der Waals surface area contributed by atoms with E-state index in [-0.39, 0.29) is 18.7 Å². The number of nitrogens with one attached hydrogen (secondary N) is 3. The molecule has 1 rings (SSSR count). The quantitative estimate of drug-likeness (QED) is 0.146. The standard InChI is InChI=1S/C20H26IN3O8/c21-13-7-5-12(6-8-13)17(27)22-11-3-1-2-4-14(18(28)29)23-20(32)24-15(19(30)31)9-10-16(25)26/h5-8,14-15H,1-4,9-11H2,(H,22,27)(H,25,26)(H,28,29)(H,30,31)(H2,23,24,32)/t14-,15-/m0/s1. The van der Waals surface area contributed by atoms with Gasteiger partial charge in [-0.3, -0.25) is 9.59 Å². The van der Waals surface area contributed by atoms with Crippen LogP contribution in [0.4, 0.5) is 4.79 Å². The zero-order chi connectivity index (χ0) is 24.1. The molecule has 1 aromatic rings. The van der Waals surface area contributed by atoms with Gasteiger partial charge in [-0.2, -0.15) is 0 Å². The van der Waals surface area contributed by atoms with Gasteiger partial charge >= 0.3 is 23.9 Å². The molecule has 32 heavy (non-hydrogen) atoms. The maximum atomic E-state index is 12.0. The first kappa shape index (κ1) is 27.1. The van der Waals surface area contributed by atoms with Crippen LogP contribution in [0.2, 0.25) is 0 Å². The van der Waals surface area contributed by atoms with E-state index in [0.717, 1.165) is 3.57 Å². The minimum absolute atomic E-state index is 0.112. The molecule has 1 aromatic carbocycles. The minimum atomic E-state index is -1.45. The number of rotatable bonds is 14. The SMILES string of the molecule is O=C(O)CC[C@H](NC(=O)N[C@@H](CCCCCNC(=O)c1ccc(I)cc1)C(=O)O)C(=O)O. The van der Waals surface area contributed by atoms with E-state index in [9.17, 15) is 29.1 Å². The number of carboxylic acids is 3. The van der Waals surface area contributed by atoms with Crippen molar-refractivity contribution in [3.8, 4) is 0 Å². The summed E-state index contributed by atoms with van der Waals surface area (Å²) < 4.78 is 1.02. The molecule has 3 amide bonds. The molecule has 0 unspecified atom stereocenters. The predicted molar refractivity (Wildman–Crippen MR) is 121 cm³/mol. The van der Waals surface area contributed by atoms with Crippen LogP contribution in [0.25, 0.3) is 0 Å². The van der Waals surface area contributed by atoms with Gasteiger partial charge < -0.3 is 31.3 Å². The average molecular weight is 563 g/mol. The van der Waals surface area contributed by atoms with Crippen LogP contribution < -0.4 is 16.0 Å². The zero-order valence-corrected chi connectivity index (χ0v) is 19.3. The van der Waals surface area contributed by atoms with Gasteiger partial charge in [0.2, 0.25) is 0 Å². The summed E-state index contributed by atoms with van der Waals surface area (Å²) in [5.41, 5.74) is 0.551. The molecule has 0 bridgehead atoms. The van der Waals surface area contributed by atoms with Crippen molar-refractivity contribution < 1.29 is 39.3 Å². The highest BCUT2D eigenvalue weighted by atomic mass is 127. The van der Waals surface area contributed by atoms with Gasteiger partial charge in [0, 0.05) is 22.1 Å². The van der Waals surface area contributed by atoms with Crippen molar-refractivity contribution in [2.24, 2.45) is 0 Å². The highest BCUT2D eigenvalue weighted by Crippen LogP contribution is 2.08. The Labute approximate surface area is 198 Å². The van der Waals surface area contributed by atoms with E-state index in [4.69, 9.17) is 10.2 Å². The molecule has 0 aliphatic rings. The first-order valence-electron chi connectivity index (χ1n) is 9.88. The summed E-state index contributed by atoms with van der Waals surface area (Å²) in [7, 11) is 0. The molecule has 12 heteroatoms. The van der Waals surface area contributed by atoms with Crippen LogP contribution >= 0.6 is 22.6 Å². The van der Waals surface area contributed by atoms with Crippen molar-refractivity contribution >= 4 is 52.4 Å². The first-order valence-corrected chi connectivity index (χ1v) is 11.0. The first-order chi connectivity index (χ1) is 15.1. The number of unbranched alkanes of at least 4 members (excludes halogenated alkanes) is 2. The van der Waals surface area contributed by atoms with Crippen molar-refractivity contribution in [2.45, 2.75) is 50.6 Å². The fraction of sp³-hybridized carbons (Fsp3) is 0.450. The van der Waals surface area contributed by atoms with Gasteiger partial charge in [-0.05, 0) is 66.1 Å². The number of carbonyl (C=O) groups excluding carboxylic acids is 2. The van der Waals surface area contributed by atoms with Crippen LogP contribution in [0.1, 0.15) is 48.9 Å². The third kappa shape index (κ3) is 10.9. The third-order valence-corrected chi connectivity index (χ3v) is 5.13. The monoisotopic (exact) mass is 563 g/mol. The van der Waals surface area contributed by atoms with Crippen molar-refractivity contribution in [3.05, 3.63) is 33.4 Å². The van der Waals surface area contributed by atoms with E-state index in [1.54, 1.807) is 12.1 Å². The summed E-state index contributed by atoms with van der Waals surface area (Å²) in [6.45, 7) is 0.417. The molecule has 0 saturated carbocycles. The Bertz CT molecular complexity index is 816. The lowest BCUT2D eigenvalue weighted by Crippen LogP contribution is -2.51. The van der Waals surface area contributed by atoms with Gasteiger partial charge in [0.25, 0.3) is 5.91 Å². The lowest BCUT2D eigenvalue weighted by molar-refractivity contribution is -0.140. The second-order valence-corrected chi connectivity index (χ2v) is 8.19. The molecule has 0 fully saturated rings. The van der Waals surface area contributed by atoms with Gasteiger partial charge in [0.1, 0.15) is 12.1 Å². The fourth-order valence-corrected chi connectivity index (χ4v) is 3.06. The molecular weight excluding hydrogens is 537 g/mol. The van der Waals surface area contributed by atoms with E-state index in [1.165, 1.54) is 0 Å². The normalized spacial score (nSPS) is 12.3. The molecule has 0 heterocycles. The molecule has 176 valence electrons. The number of halogens is 1. The van der Waals surface area contributed by atoms with Crippen LogP contribution in [0.5, 0.6) is 0 Å². The summed E-state index contributed by atoms with van der Waals surface area (Å²) in [5.74, 6) is -4.10. The number of urea groups is 1. The number of carboxylic acid groups (broad SMARTS) is 3. The summed E-state index contributed by atoms with van der Waals surface area (Å²) in [6, 6.07) is 3.43. The maximum Gasteiger partial charge on any atom is 0.326 e. The Morgan fingerprint density at radius 2 is 1.38 bits per heavy atom. The number of carbonyl (C=O) groups is 5. The molecular formula is C20H26IN3O8. The van der Waals surface area contributed by atoms with Gasteiger partial charge in [0.05, 0.1) is 0 Å². The second kappa shape index (κ2) is 14.2. The number of hydrogen-bond donors (Lipinski definition) is 6. The Kier molecular flexibility index (Phi) is 12.1. The highest BCUT2D eigenvalue weighted by Gasteiger charge is 2.24. The molecule has 0 aliphatic carbocycles. The molecule has 0 radical (unpaired) electrons. The number of amides is 3. The van der Waals surface area contributed by atoms with E-state index >= 15 is 0 Å². The van der Waals surface area contributed by atoms with E-state index in [2.05, 4.69) is 38.5 Å². The number of aliphatic carboxylic acids is 3. The topological polar surface area (TPSA) is 182 Å². The van der Waals surface area contributed by atoms with E-state index < -0.39 is 42.4 Å². The van der Waals surface area contributed by atoms with Gasteiger partial charge in [-0.1, -0.05) is 12.8 Å². The summed E-state index contributed by atoms with van der Waals surface area (Å²) in [5, 5.41) is 34.0. The Hall–Kier alpha value is -2.90. The fourth-order valence-electron chi connectivity index (χ4n) is 2.70.